The van der Waals surface area contributed by atoms with Gasteiger partial charge in [0, 0.05) is 5.56 Å². The van der Waals surface area contributed by atoms with Crippen molar-refractivity contribution in [1.29, 1.82) is 0 Å². The summed E-state index contributed by atoms with van der Waals surface area (Å²) in [6.07, 6.45) is 1.68. The number of aromatic nitrogens is 1. The molecular weight excluding hydrogens is 278 g/mol. The molecule has 0 fully saturated rings. The Bertz CT molecular complexity index is 477. The second-order valence-corrected chi connectivity index (χ2v) is 5.51. The Labute approximate surface area is 134 Å². The van der Waals surface area contributed by atoms with Crippen LogP contribution in [0.1, 0.15) is 25.1 Å². The highest BCUT2D eigenvalue weighted by Crippen LogP contribution is 2.23. The molecule has 1 atom stereocenters. The second-order valence-electron chi connectivity index (χ2n) is 5.51. The molecule has 0 aliphatic heterocycles. The lowest BCUT2D eigenvalue weighted by atomic mass is 10.2. The monoisotopic (exact) mass is 307 g/mol. The summed E-state index contributed by atoms with van der Waals surface area (Å²) in [5.41, 5.74) is 2.99. The highest BCUT2D eigenvalue weighted by molar-refractivity contribution is 5.51. The molecule has 1 heterocycles. The highest BCUT2D eigenvalue weighted by atomic mass is 16.5. The van der Waals surface area contributed by atoms with E-state index >= 15 is 0 Å². The van der Waals surface area contributed by atoms with E-state index in [4.69, 9.17) is 9.47 Å². The molecule has 5 nitrogen and oxygen atoms in total. The maximum atomic E-state index is 5.87. The largest absolute Gasteiger partial charge is 0.472 e. The predicted molar refractivity (Wildman–Crippen MR) is 91.6 cm³/mol. The number of nitrogens with zero attached hydrogens (tertiary/aromatic N) is 2. The van der Waals surface area contributed by atoms with E-state index in [-0.39, 0.29) is 6.10 Å². The van der Waals surface area contributed by atoms with E-state index in [2.05, 4.69) is 41.8 Å². The van der Waals surface area contributed by atoms with Gasteiger partial charge in [0.2, 0.25) is 5.88 Å². The molecule has 0 spiro atoms. The molecule has 0 saturated carbocycles. The van der Waals surface area contributed by atoms with Crippen molar-refractivity contribution < 1.29 is 9.47 Å². The molecule has 1 aromatic rings. The van der Waals surface area contributed by atoms with Crippen molar-refractivity contribution in [1.82, 2.24) is 9.88 Å². The molecule has 0 bridgehead atoms. The zero-order chi connectivity index (χ0) is 16.5. The minimum Gasteiger partial charge on any atom is -0.472 e. The molecule has 0 aromatic carbocycles. The highest BCUT2D eigenvalue weighted by Gasteiger charge is 2.11. The van der Waals surface area contributed by atoms with E-state index in [9.17, 15) is 0 Å². The Balaban J connectivity index is 2.66. The molecule has 1 rings (SSSR count). The summed E-state index contributed by atoms with van der Waals surface area (Å²) in [5.74, 6) is 0.668. The van der Waals surface area contributed by atoms with Gasteiger partial charge in [0.25, 0.3) is 0 Å². The van der Waals surface area contributed by atoms with E-state index in [1.165, 1.54) is 0 Å². The van der Waals surface area contributed by atoms with E-state index in [0.717, 1.165) is 30.2 Å². The van der Waals surface area contributed by atoms with Gasteiger partial charge in [0.1, 0.15) is 6.10 Å². The molecule has 1 unspecified atom stereocenters. The lowest BCUT2D eigenvalue weighted by molar-refractivity contribution is 0.0707. The van der Waals surface area contributed by atoms with Crippen molar-refractivity contribution in [2.24, 2.45) is 0 Å². The van der Waals surface area contributed by atoms with Crippen LogP contribution < -0.4 is 10.1 Å². The first kappa shape index (κ1) is 18.5. The van der Waals surface area contributed by atoms with Crippen molar-refractivity contribution >= 4 is 5.69 Å². The molecule has 5 heteroatoms. The maximum absolute atomic E-state index is 5.87. The number of hydrogen-bond acceptors (Lipinski definition) is 5. The van der Waals surface area contributed by atoms with Gasteiger partial charge in [-0.2, -0.15) is 0 Å². The number of nitrogens with one attached hydrogen (secondary N) is 1. The van der Waals surface area contributed by atoms with Crippen LogP contribution >= 0.6 is 0 Å². The molecule has 0 aliphatic carbocycles. The smallest absolute Gasteiger partial charge is 0.216 e. The zero-order valence-corrected chi connectivity index (χ0v) is 14.5. The summed E-state index contributed by atoms with van der Waals surface area (Å²) >= 11 is 0. The van der Waals surface area contributed by atoms with E-state index in [0.29, 0.717) is 19.1 Å². The van der Waals surface area contributed by atoms with Gasteiger partial charge in [-0.15, -0.1) is 6.58 Å². The number of anilines is 1. The van der Waals surface area contributed by atoms with Crippen LogP contribution in [0.4, 0.5) is 5.69 Å². The molecule has 0 radical (unpaired) electrons. The summed E-state index contributed by atoms with van der Waals surface area (Å²) in [4.78, 5) is 6.76. The van der Waals surface area contributed by atoms with E-state index < -0.39 is 0 Å². The molecule has 124 valence electrons. The SMILES string of the molecule is C=CCOCC(C)Oc1nc(C)c(NCN(C)CC)cc1C. The van der Waals surface area contributed by atoms with Gasteiger partial charge in [-0.25, -0.2) is 4.98 Å². The normalized spacial score (nSPS) is 12.3. The quantitative estimate of drug-likeness (QED) is 0.409. The first-order valence-corrected chi connectivity index (χ1v) is 7.73. The third-order valence-electron chi connectivity index (χ3n) is 3.34. The Morgan fingerprint density at radius 1 is 1.45 bits per heavy atom. The minimum absolute atomic E-state index is 0.0458. The van der Waals surface area contributed by atoms with Crippen LogP contribution in [0.2, 0.25) is 0 Å². The first-order valence-electron chi connectivity index (χ1n) is 7.73. The lowest BCUT2D eigenvalue weighted by Crippen LogP contribution is -2.25. The van der Waals surface area contributed by atoms with Gasteiger partial charge in [-0.1, -0.05) is 13.0 Å². The summed E-state index contributed by atoms with van der Waals surface area (Å²) < 4.78 is 11.3. The van der Waals surface area contributed by atoms with Crippen molar-refractivity contribution in [3.63, 3.8) is 0 Å². The summed E-state index contributed by atoms with van der Waals surface area (Å²) in [6.45, 7) is 14.6. The molecular formula is C17H29N3O2. The van der Waals surface area contributed by atoms with Crippen LogP contribution in [0.15, 0.2) is 18.7 Å². The van der Waals surface area contributed by atoms with Gasteiger partial charge < -0.3 is 14.8 Å². The van der Waals surface area contributed by atoms with E-state index in [1.54, 1.807) is 6.08 Å². The average Bonchev–Trinajstić information content (AvgIpc) is 2.49. The number of ether oxygens (including phenoxy) is 2. The number of hydrogen-bond donors (Lipinski definition) is 1. The van der Waals surface area contributed by atoms with Crippen molar-refractivity contribution in [2.75, 3.05) is 38.8 Å². The van der Waals surface area contributed by atoms with Crippen LogP contribution in [-0.4, -0.2) is 49.5 Å². The molecule has 0 saturated heterocycles. The lowest BCUT2D eigenvalue weighted by Gasteiger charge is -2.19. The standard InChI is InChI=1S/C17H29N3O2/c1-7-9-21-11-14(4)22-17-13(3)10-16(15(5)19-17)18-12-20(6)8-2/h7,10,14,18H,1,8-9,11-12H2,2-6H3. The molecule has 0 amide bonds. The predicted octanol–water partition coefficient (Wildman–Crippen LogP) is 2.99. The van der Waals surface area contributed by atoms with E-state index in [1.807, 2.05) is 20.8 Å². The molecule has 22 heavy (non-hydrogen) atoms. The maximum Gasteiger partial charge on any atom is 0.216 e. The average molecular weight is 307 g/mol. The van der Waals surface area contributed by atoms with Crippen LogP contribution in [0.5, 0.6) is 5.88 Å². The van der Waals surface area contributed by atoms with Crippen molar-refractivity contribution in [3.05, 3.63) is 30.0 Å². The van der Waals surface area contributed by atoms with Crippen LogP contribution in [0.3, 0.4) is 0 Å². The van der Waals surface area contributed by atoms with Crippen LogP contribution in [0, 0.1) is 13.8 Å². The number of rotatable bonds is 10. The van der Waals surface area contributed by atoms with Crippen LogP contribution in [0.25, 0.3) is 0 Å². The third kappa shape index (κ3) is 6.03. The van der Waals surface area contributed by atoms with Crippen molar-refractivity contribution in [2.45, 2.75) is 33.8 Å². The fourth-order valence-electron chi connectivity index (χ4n) is 1.86. The Kier molecular flexibility index (Phi) is 7.91. The third-order valence-corrected chi connectivity index (χ3v) is 3.34. The molecule has 1 N–H and O–H groups in total. The van der Waals surface area contributed by atoms with Gasteiger partial charge in [0.05, 0.1) is 31.3 Å². The Morgan fingerprint density at radius 2 is 2.18 bits per heavy atom. The van der Waals surface area contributed by atoms with Gasteiger partial charge in [0.15, 0.2) is 0 Å². The Morgan fingerprint density at radius 3 is 2.82 bits per heavy atom. The number of aryl methyl sites for hydroxylation is 2. The fourth-order valence-corrected chi connectivity index (χ4v) is 1.86. The van der Waals surface area contributed by atoms with Crippen LogP contribution in [-0.2, 0) is 4.74 Å². The summed E-state index contributed by atoms with van der Waals surface area (Å²) in [6, 6.07) is 2.08. The number of pyridine rings is 1. The minimum atomic E-state index is -0.0458. The summed E-state index contributed by atoms with van der Waals surface area (Å²) in [5, 5.41) is 3.40. The first-order chi connectivity index (χ1) is 10.5. The summed E-state index contributed by atoms with van der Waals surface area (Å²) in [7, 11) is 2.07. The zero-order valence-electron chi connectivity index (χ0n) is 14.5. The van der Waals surface area contributed by atoms with Gasteiger partial charge in [-0.3, -0.25) is 4.90 Å². The second kappa shape index (κ2) is 9.43. The topological polar surface area (TPSA) is 46.6 Å². The Hall–Kier alpha value is -1.59. The van der Waals surface area contributed by atoms with Gasteiger partial charge >= 0.3 is 0 Å². The molecule has 1 aromatic heterocycles. The van der Waals surface area contributed by atoms with Gasteiger partial charge in [-0.05, 0) is 40.4 Å². The molecule has 0 aliphatic rings. The fraction of sp³-hybridized carbons (Fsp3) is 0.588. The van der Waals surface area contributed by atoms with Crippen molar-refractivity contribution in [3.8, 4) is 5.88 Å².